The minimum absolute atomic E-state index is 0.0467. The molecule has 0 bridgehead atoms. The molecule has 0 spiro atoms. The lowest BCUT2D eigenvalue weighted by Gasteiger charge is -2.05. The van der Waals surface area contributed by atoms with Crippen molar-refractivity contribution >= 4 is 5.97 Å². The van der Waals surface area contributed by atoms with Gasteiger partial charge in [-0.1, -0.05) is 18.2 Å². The molecule has 6 heteroatoms. The fraction of sp³-hybridized carbons (Fsp3) is 0.357. The van der Waals surface area contributed by atoms with E-state index >= 15 is 0 Å². The molecule has 0 radical (unpaired) electrons. The van der Waals surface area contributed by atoms with Crippen LogP contribution in [0.15, 0.2) is 30.3 Å². The van der Waals surface area contributed by atoms with Crippen molar-refractivity contribution in [2.24, 2.45) is 0 Å². The Balaban J connectivity index is 2.35. The zero-order valence-electron chi connectivity index (χ0n) is 11.6. The third kappa shape index (κ3) is 3.21. The van der Waals surface area contributed by atoms with Crippen LogP contribution in [0.3, 0.4) is 0 Å². The van der Waals surface area contributed by atoms with Crippen molar-refractivity contribution in [3.8, 4) is 5.69 Å². The first kappa shape index (κ1) is 14.2. The van der Waals surface area contributed by atoms with E-state index in [0.29, 0.717) is 19.0 Å². The Hall–Kier alpha value is -2.21. The molecule has 2 aromatic rings. The van der Waals surface area contributed by atoms with Crippen LogP contribution < -0.4 is 0 Å². The van der Waals surface area contributed by atoms with Gasteiger partial charge in [-0.2, -0.15) is 0 Å². The van der Waals surface area contributed by atoms with E-state index in [1.54, 1.807) is 11.6 Å². The number of ether oxygens (including phenoxy) is 2. The van der Waals surface area contributed by atoms with Crippen LogP contribution >= 0.6 is 0 Å². The first-order chi connectivity index (χ1) is 9.76. The Morgan fingerprint density at radius 1 is 1.20 bits per heavy atom. The van der Waals surface area contributed by atoms with Crippen LogP contribution in [0.25, 0.3) is 5.69 Å². The average Bonchev–Trinajstić information content (AvgIpc) is 2.90. The maximum Gasteiger partial charge on any atom is 0.378 e. The predicted octanol–water partition coefficient (Wildman–Crippen LogP) is 1.98. The Bertz CT molecular complexity index is 566. The molecule has 1 aromatic heterocycles. The van der Waals surface area contributed by atoms with E-state index in [1.807, 2.05) is 37.3 Å². The molecule has 0 saturated carbocycles. The van der Waals surface area contributed by atoms with E-state index < -0.39 is 5.97 Å². The van der Waals surface area contributed by atoms with Crippen molar-refractivity contribution in [2.45, 2.75) is 20.5 Å². The number of nitrogens with zero attached hydrogens (tertiary/aromatic N) is 3. The molecule has 0 unspecified atom stereocenters. The molecule has 0 saturated heterocycles. The lowest BCUT2D eigenvalue weighted by atomic mass is 10.3. The highest BCUT2D eigenvalue weighted by molar-refractivity contribution is 5.85. The molecule has 1 aromatic carbocycles. The first-order valence-corrected chi connectivity index (χ1v) is 6.52. The summed E-state index contributed by atoms with van der Waals surface area (Å²) in [5.41, 5.74) is 0.824. The highest BCUT2D eigenvalue weighted by atomic mass is 16.5. The molecule has 0 N–H and O–H groups in total. The van der Waals surface area contributed by atoms with E-state index in [0.717, 1.165) is 5.69 Å². The predicted molar refractivity (Wildman–Crippen MR) is 72.6 cm³/mol. The molecule has 1 heterocycles. The van der Waals surface area contributed by atoms with Crippen molar-refractivity contribution in [3.05, 3.63) is 42.0 Å². The Labute approximate surface area is 117 Å². The van der Waals surface area contributed by atoms with Crippen LogP contribution in [-0.4, -0.2) is 33.9 Å². The topological polar surface area (TPSA) is 66.2 Å². The van der Waals surface area contributed by atoms with Gasteiger partial charge in [0.2, 0.25) is 0 Å². The summed E-state index contributed by atoms with van der Waals surface area (Å²) >= 11 is 0. The number of para-hydroxylation sites is 1. The fourth-order valence-corrected chi connectivity index (χ4v) is 1.69. The highest BCUT2D eigenvalue weighted by Crippen LogP contribution is 2.11. The van der Waals surface area contributed by atoms with Crippen molar-refractivity contribution < 1.29 is 14.3 Å². The molecule has 2 rings (SSSR count). The minimum atomic E-state index is -0.528. The zero-order valence-corrected chi connectivity index (χ0v) is 11.6. The molecular formula is C14H17N3O3. The molecule has 0 amide bonds. The summed E-state index contributed by atoms with van der Waals surface area (Å²) in [7, 11) is 0. The molecule has 0 aliphatic carbocycles. The molecule has 20 heavy (non-hydrogen) atoms. The van der Waals surface area contributed by atoms with Crippen molar-refractivity contribution in [3.63, 3.8) is 0 Å². The molecule has 0 aliphatic rings. The number of hydrogen-bond donors (Lipinski definition) is 0. The second-order valence-electron chi connectivity index (χ2n) is 3.96. The van der Waals surface area contributed by atoms with E-state index in [9.17, 15) is 4.79 Å². The lowest BCUT2D eigenvalue weighted by Crippen LogP contribution is -2.07. The fourth-order valence-electron chi connectivity index (χ4n) is 1.69. The standard InChI is InChI=1S/C14H17N3O3/c1-3-19-10-12-15-13(14(18)20-4-2)16-17(12)11-8-6-5-7-9-11/h5-9H,3-4,10H2,1-2H3. The van der Waals surface area contributed by atoms with Gasteiger partial charge in [-0.15, -0.1) is 5.10 Å². The van der Waals surface area contributed by atoms with Crippen LogP contribution in [-0.2, 0) is 16.1 Å². The number of hydrogen-bond acceptors (Lipinski definition) is 5. The maximum absolute atomic E-state index is 11.7. The van der Waals surface area contributed by atoms with Crippen molar-refractivity contribution in [1.29, 1.82) is 0 Å². The molecule has 0 fully saturated rings. The Kier molecular flexibility index (Phi) is 4.84. The molecule has 106 valence electrons. The quantitative estimate of drug-likeness (QED) is 0.754. The van der Waals surface area contributed by atoms with E-state index in [4.69, 9.17) is 9.47 Å². The largest absolute Gasteiger partial charge is 0.460 e. The third-order valence-corrected chi connectivity index (χ3v) is 2.57. The van der Waals surface area contributed by atoms with Gasteiger partial charge in [-0.3, -0.25) is 0 Å². The third-order valence-electron chi connectivity index (χ3n) is 2.57. The Morgan fingerprint density at radius 3 is 2.60 bits per heavy atom. The number of carbonyl (C=O) groups excluding carboxylic acids is 1. The van der Waals surface area contributed by atoms with Gasteiger partial charge in [0.05, 0.1) is 12.3 Å². The van der Waals surface area contributed by atoms with Crippen LogP contribution in [0.1, 0.15) is 30.3 Å². The van der Waals surface area contributed by atoms with Crippen LogP contribution in [0.4, 0.5) is 0 Å². The number of aromatic nitrogens is 3. The molecule has 0 aliphatic heterocycles. The number of rotatable bonds is 6. The van der Waals surface area contributed by atoms with Gasteiger partial charge in [0.1, 0.15) is 6.61 Å². The van der Waals surface area contributed by atoms with Crippen LogP contribution in [0, 0.1) is 0 Å². The van der Waals surface area contributed by atoms with Crippen molar-refractivity contribution in [2.75, 3.05) is 13.2 Å². The van der Waals surface area contributed by atoms with Gasteiger partial charge >= 0.3 is 5.97 Å². The molecular weight excluding hydrogens is 258 g/mol. The van der Waals surface area contributed by atoms with Gasteiger partial charge in [0.15, 0.2) is 5.82 Å². The summed E-state index contributed by atoms with van der Waals surface area (Å²) in [6.45, 7) is 4.79. The number of benzene rings is 1. The van der Waals surface area contributed by atoms with Crippen LogP contribution in [0.5, 0.6) is 0 Å². The SMILES string of the molecule is CCOCc1nc(C(=O)OCC)nn1-c1ccccc1. The van der Waals surface area contributed by atoms with Gasteiger partial charge in [-0.05, 0) is 26.0 Å². The van der Waals surface area contributed by atoms with Gasteiger partial charge < -0.3 is 9.47 Å². The first-order valence-electron chi connectivity index (χ1n) is 6.52. The van der Waals surface area contributed by atoms with E-state index in [-0.39, 0.29) is 12.4 Å². The Morgan fingerprint density at radius 2 is 1.95 bits per heavy atom. The number of esters is 1. The highest BCUT2D eigenvalue weighted by Gasteiger charge is 2.18. The van der Waals surface area contributed by atoms with Gasteiger partial charge in [0.25, 0.3) is 5.82 Å². The minimum Gasteiger partial charge on any atom is -0.460 e. The lowest BCUT2D eigenvalue weighted by molar-refractivity contribution is 0.0512. The second kappa shape index (κ2) is 6.81. The smallest absolute Gasteiger partial charge is 0.378 e. The normalized spacial score (nSPS) is 10.5. The second-order valence-corrected chi connectivity index (χ2v) is 3.96. The number of carbonyl (C=O) groups is 1. The summed E-state index contributed by atoms with van der Waals surface area (Å²) in [6, 6.07) is 9.48. The monoisotopic (exact) mass is 275 g/mol. The molecule has 0 atom stereocenters. The molecule has 6 nitrogen and oxygen atoms in total. The van der Waals surface area contributed by atoms with E-state index in [1.165, 1.54) is 0 Å². The van der Waals surface area contributed by atoms with Crippen LogP contribution in [0.2, 0.25) is 0 Å². The average molecular weight is 275 g/mol. The summed E-state index contributed by atoms with van der Waals surface area (Å²) in [4.78, 5) is 15.9. The maximum atomic E-state index is 11.7. The van der Waals surface area contributed by atoms with E-state index in [2.05, 4.69) is 10.1 Å². The summed E-state index contributed by atoms with van der Waals surface area (Å²) in [5.74, 6) is 0.0893. The summed E-state index contributed by atoms with van der Waals surface area (Å²) < 4.78 is 11.9. The van der Waals surface area contributed by atoms with Gasteiger partial charge in [-0.25, -0.2) is 14.5 Å². The zero-order chi connectivity index (χ0) is 14.4. The van der Waals surface area contributed by atoms with Gasteiger partial charge in [0, 0.05) is 6.61 Å². The summed E-state index contributed by atoms with van der Waals surface area (Å²) in [5, 5.41) is 4.20. The summed E-state index contributed by atoms with van der Waals surface area (Å²) in [6.07, 6.45) is 0. The van der Waals surface area contributed by atoms with Crippen molar-refractivity contribution in [1.82, 2.24) is 14.8 Å².